The summed E-state index contributed by atoms with van der Waals surface area (Å²) in [6, 6.07) is 0. The van der Waals surface area contributed by atoms with Gasteiger partial charge in [-0.05, 0) is 32.2 Å². The van der Waals surface area contributed by atoms with Gasteiger partial charge in [0.2, 0.25) is 0 Å². The number of hydrogen-bond donors (Lipinski definition) is 1. The molecule has 1 heterocycles. The van der Waals surface area contributed by atoms with Crippen molar-refractivity contribution < 1.29 is 4.74 Å². The van der Waals surface area contributed by atoms with Crippen LogP contribution < -0.4 is 5.32 Å². The number of piperidine rings is 1. The molecule has 0 aromatic heterocycles. The lowest BCUT2D eigenvalue weighted by molar-refractivity contribution is -0.0626. The molecule has 1 rings (SSSR count). The van der Waals surface area contributed by atoms with Crippen LogP contribution in [0.3, 0.4) is 0 Å². The largest absolute Gasteiger partial charge is 0.374 e. The maximum atomic E-state index is 5.91. The second-order valence-corrected chi connectivity index (χ2v) is 3.67. The molecular formula is C10H21NO. The fraction of sp³-hybridized carbons (Fsp3) is 1.00. The van der Waals surface area contributed by atoms with Crippen LogP contribution in [0.5, 0.6) is 0 Å². The summed E-state index contributed by atoms with van der Waals surface area (Å²) in [7, 11) is 0. The minimum atomic E-state index is 0.161. The average molecular weight is 171 g/mol. The fourth-order valence-electron chi connectivity index (χ4n) is 1.79. The summed E-state index contributed by atoms with van der Waals surface area (Å²) in [5, 5.41) is 3.41. The number of rotatable bonds is 4. The van der Waals surface area contributed by atoms with Crippen molar-refractivity contribution in [1.29, 1.82) is 0 Å². The highest BCUT2D eigenvalue weighted by molar-refractivity contribution is 4.85. The van der Waals surface area contributed by atoms with Gasteiger partial charge < -0.3 is 10.1 Å². The van der Waals surface area contributed by atoms with E-state index in [1.165, 1.54) is 12.8 Å². The van der Waals surface area contributed by atoms with Crippen molar-refractivity contribution in [2.45, 2.75) is 45.1 Å². The van der Waals surface area contributed by atoms with Crippen LogP contribution >= 0.6 is 0 Å². The molecule has 0 aliphatic carbocycles. The van der Waals surface area contributed by atoms with Crippen LogP contribution in [-0.2, 0) is 4.74 Å². The second-order valence-electron chi connectivity index (χ2n) is 3.67. The van der Waals surface area contributed by atoms with E-state index in [0.29, 0.717) is 0 Å². The lowest BCUT2D eigenvalue weighted by Gasteiger charge is -2.36. The number of ether oxygens (including phenoxy) is 1. The highest BCUT2D eigenvalue weighted by Crippen LogP contribution is 2.24. The maximum Gasteiger partial charge on any atom is 0.0804 e. The smallest absolute Gasteiger partial charge is 0.0804 e. The molecule has 0 spiro atoms. The molecule has 2 nitrogen and oxygen atoms in total. The van der Waals surface area contributed by atoms with E-state index in [0.717, 1.165) is 32.5 Å². The average Bonchev–Trinajstić information content (AvgIpc) is 2.16. The highest BCUT2D eigenvalue weighted by Gasteiger charge is 2.30. The molecule has 1 aliphatic rings. The van der Waals surface area contributed by atoms with Crippen LogP contribution in [0.15, 0.2) is 0 Å². The molecule has 1 N–H and O–H groups in total. The van der Waals surface area contributed by atoms with E-state index in [-0.39, 0.29) is 5.60 Å². The SMILES string of the molecule is CCCOC1(CC)CCCNC1. The van der Waals surface area contributed by atoms with Crippen molar-refractivity contribution in [2.24, 2.45) is 0 Å². The zero-order valence-electron chi connectivity index (χ0n) is 8.36. The van der Waals surface area contributed by atoms with Gasteiger partial charge in [-0.15, -0.1) is 0 Å². The van der Waals surface area contributed by atoms with Crippen molar-refractivity contribution >= 4 is 0 Å². The van der Waals surface area contributed by atoms with Crippen LogP contribution in [0.1, 0.15) is 39.5 Å². The van der Waals surface area contributed by atoms with E-state index < -0.39 is 0 Å². The van der Waals surface area contributed by atoms with Gasteiger partial charge in [0.15, 0.2) is 0 Å². The Kier molecular flexibility index (Phi) is 4.02. The molecule has 1 fully saturated rings. The molecule has 0 amide bonds. The number of hydrogen-bond acceptors (Lipinski definition) is 2. The summed E-state index contributed by atoms with van der Waals surface area (Å²) in [4.78, 5) is 0. The summed E-state index contributed by atoms with van der Waals surface area (Å²) >= 11 is 0. The first-order valence-corrected chi connectivity index (χ1v) is 5.17. The first kappa shape index (κ1) is 10.0. The minimum absolute atomic E-state index is 0.161. The predicted octanol–water partition coefficient (Wildman–Crippen LogP) is 1.95. The molecule has 0 radical (unpaired) electrons. The lowest BCUT2D eigenvalue weighted by Crippen LogP contribution is -2.47. The molecule has 72 valence electrons. The molecule has 0 bridgehead atoms. The van der Waals surface area contributed by atoms with Crippen LogP contribution in [0.25, 0.3) is 0 Å². The Bertz CT molecular complexity index is 119. The molecule has 1 aliphatic heterocycles. The first-order chi connectivity index (χ1) is 5.83. The third-order valence-electron chi connectivity index (χ3n) is 2.69. The Morgan fingerprint density at radius 3 is 2.75 bits per heavy atom. The van der Waals surface area contributed by atoms with E-state index in [2.05, 4.69) is 19.2 Å². The van der Waals surface area contributed by atoms with Gasteiger partial charge in [0.25, 0.3) is 0 Å². The minimum Gasteiger partial charge on any atom is -0.374 e. The molecule has 0 aromatic rings. The molecular weight excluding hydrogens is 150 g/mol. The van der Waals surface area contributed by atoms with Crippen LogP contribution in [0, 0.1) is 0 Å². The quantitative estimate of drug-likeness (QED) is 0.698. The second kappa shape index (κ2) is 4.83. The van der Waals surface area contributed by atoms with Crippen molar-refractivity contribution in [3.05, 3.63) is 0 Å². The van der Waals surface area contributed by atoms with Gasteiger partial charge in [0, 0.05) is 13.2 Å². The Morgan fingerprint density at radius 1 is 1.42 bits per heavy atom. The van der Waals surface area contributed by atoms with Crippen molar-refractivity contribution in [1.82, 2.24) is 5.32 Å². The summed E-state index contributed by atoms with van der Waals surface area (Å²) in [5.41, 5.74) is 0.161. The van der Waals surface area contributed by atoms with Gasteiger partial charge in [-0.1, -0.05) is 13.8 Å². The summed E-state index contributed by atoms with van der Waals surface area (Å²) in [6.45, 7) is 7.51. The zero-order chi connectivity index (χ0) is 8.86. The molecule has 1 unspecified atom stereocenters. The maximum absolute atomic E-state index is 5.91. The van der Waals surface area contributed by atoms with E-state index in [4.69, 9.17) is 4.74 Å². The topological polar surface area (TPSA) is 21.3 Å². The molecule has 2 heteroatoms. The monoisotopic (exact) mass is 171 g/mol. The molecule has 1 saturated heterocycles. The van der Waals surface area contributed by atoms with Crippen molar-refractivity contribution in [3.63, 3.8) is 0 Å². The molecule has 0 saturated carbocycles. The summed E-state index contributed by atoms with van der Waals surface area (Å²) in [5.74, 6) is 0. The van der Waals surface area contributed by atoms with Gasteiger partial charge >= 0.3 is 0 Å². The number of nitrogens with one attached hydrogen (secondary N) is 1. The van der Waals surface area contributed by atoms with Crippen LogP contribution in [-0.4, -0.2) is 25.3 Å². The Morgan fingerprint density at radius 2 is 2.25 bits per heavy atom. The first-order valence-electron chi connectivity index (χ1n) is 5.17. The van der Waals surface area contributed by atoms with Crippen LogP contribution in [0.2, 0.25) is 0 Å². The third-order valence-corrected chi connectivity index (χ3v) is 2.69. The van der Waals surface area contributed by atoms with Gasteiger partial charge in [0.1, 0.15) is 0 Å². The normalized spacial score (nSPS) is 30.5. The third kappa shape index (κ3) is 2.46. The Hall–Kier alpha value is -0.0800. The van der Waals surface area contributed by atoms with Crippen molar-refractivity contribution in [2.75, 3.05) is 19.7 Å². The van der Waals surface area contributed by atoms with E-state index in [1.807, 2.05) is 0 Å². The molecule has 1 atom stereocenters. The zero-order valence-corrected chi connectivity index (χ0v) is 8.36. The fourth-order valence-corrected chi connectivity index (χ4v) is 1.79. The van der Waals surface area contributed by atoms with Crippen molar-refractivity contribution in [3.8, 4) is 0 Å². The van der Waals surface area contributed by atoms with Gasteiger partial charge in [-0.3, -0.25) is 0 Å². The lowest BCUT2D eigenvalue weighted by atomic mass is 9.91. The Balaban J connectivity index is 2.37. The Labute approximate surface area is 75.7 Å². The molecule has 12 heavy (non-hydrogen) atoms. The van der Waals surface area contributed by atoms with Gasteiger partial charge in [0.05, 0.1) is 5.60 Å². The van der Waals surface area contributed by atoms with Gasteiger partial charge in [-0.2, -0.15) is 0 Å². The molecule has 0 aromatic carbocycles. The summed E-state index contributed by atoms with van der Waals surface area (Å²) in [6.07, 6.45) is 4.76. The van der Waals surface area contributed by atoms with E-state index in [1.54, 1.807) is 0 Å². The predicted molar refractivity (Wildman–Crippen MR) is 51.4 cm³/mol. The van der Waals surface area contributed by atoms with Gasteiger partial charge in [-0.25, -0.2) is 0 Å². The van der Waals surface area contributed by atoms with Crippen LogP contribution in [0.4, 0.5) is 0 Å². The highest BCUT2D eigenvalue weighted by atomic mass is 16.5. The standard InChI is InChI=1S/C10H21NO/c1-3-8-12-10(4-2)6-5-7-11-9-10/h11H,3-9H2,1-2H3. The summed E-state index contributed by atoms with van der Waals surface area (Å²) < 4.78 is 5.91. The van der Waals surface area contributed by atoms with E-state index >= 15 is 0 Å². The van der Waals surface area contributed by atoms with E-state index in [9.17, 15) is 0 Å².